The van der Waals surface area contributed by atoms with Crippen molar-refractivity contribution in [2.45, 2.75) is 13.8 Å². The smallest absolute Gasteiger partial charge is 0.0765 e. The van der Waals surface area contributed by atoms with Crippen LogP contribution in [0.1, 0.15) is 13.8 Å². The molecular weight excluding hydrogens is 100 g/mol. The zero-order valence-electron chi connectivity index (χ0n) is 5.31. The lowest BCUT2D eigenvalue weighted by Gasteiger charge is -2.03. The van der Waals surface area contributed by atoms with E-state index in [9.17, 15) is 0 Å². The Morgan fingerprint density at radius 2 is 1.38 bits per heavy atom. The number of hydrogen-bond donors (Lipinski definition) is 0. The van der Waals surface area contributed by atoms with E-state index in [0.717, 1.165) is 24.5 Å². The number of nitrogens with zero attached hydrogens (tertiary/aromatic N) is 2. The Labute approximate surface area is 49.3 Å². The topological polar surface area (TPSA) is 24.7 Å². The Morgan fingerprint density at radius 1 is 1.00 bits per heavy atom. The number of hydrogen-bond acceptors (Lipinski definition) is 2. The summed E-state index contributed by atoms with van der Waals surface area (Å²) in [5.74, 6) is 0. The van der Waals surface area contributed by atoms with E-state index in [0.29, 0.717) is 0 Å². The van der Waals surface area contributed by atoms with Gasteiger partial charge in [-0.3, -0.25) is 9.98 Å². The second kappa shape index (κ2) is 2.07. The number of aliphatic imine (C=N–C) groups is 2. The third kappa shape index (κ3) is 1.15. The fourth-order valence-electron chi connectivity index (χ4n) is 0.599. The molecule has 0 amide bonds. The quantitative estimate of drug-likeness (QED) is 0.443. The molecule has 1 aliphatic rings. The van der Waals surface area contributed by atoms with E-state index in [4.69, 9.17) is 0 Å². The first-order valence-corrected chi connectivity index (χ1v) is 2.79. The summed E-state index contributed by atoms with van der Waals surface area (Å²) in [7, 11) is 0. The van der Waals surface area contributed by atoms with Gasteiger partial charge in [-0.1, -0.05) is 0 Å². The Bertz CT molecular complexity index is 127. The molecule has 1 rings (SSSR count). The van der Waals surface area contributed by atoms with Crippen LogP contribution in [0.15, 0.2) is 9.98 Å². The molecule has 8 heavy (non-hydrogen) atoms. The van der Waals surface area contributed by atoms with Crippen molar-refractivity contribution >= 4 is 11.4 Å². The van der Waals surface area contributed by atoms with E-state index in [1.807, 2.05) is 13.8 Å². The van der Waals surface area contributed by atoms with Gasteiger partial charge in [0.1, 0.15) is 0 Å². The van der Waals surface area contributed by atoms with Gasteiger partial charge in [0.2, 0.25) is 0 Å². The zero-order chi connectivity index (χ0) is 5.98. The van der Waals surface area contributed by atoms with Crippen LogP contribution in [0, 0.1) is 0 Å². The van der Waals surface area contributed by atoms with Crippen molar-refractivity contribution in [3.8, 4) is 0 Å². The van der Waals surface area contributed by atoms with Gasteiger partial charge in [-0.2, -0.15) is 0 Å². The maximum Gasteiger partial charge on any atom is 0.0765 e. The fraction of sp³-hybridized carbons (Fsp3) is 0.667. The largest absolute Gasteiger partial charge is 0.286 e. The molecule has 0 aromatic rings. The molecule has 0 fully saturated rings. The predicted molar refractivity (Wildman–Crippen MR) is 36.0 cm³/mol. The lowest BCUT2D eigenvalue weighted by atomic mass is 10.3. The molecule has 0 aromatic carbocycles. The minimum Gasteiger partial charge on any atom is -0.286 e. The van der Waals surface area contributed by atoms with Gasteiger partial charge in [0, 0.05) is 11.4 Å². The first-order chi connectivity index (χ1) is 3.79. The second-order valence-corrected chi connectivity index (χ2v) is 2.10. The van der Waals surface area contributed by atoms with Crippen molar-refractivity contribution in [3.63, 3.8) is 0 Å². The Morgan fingerprint density at radius 3 is 1.62 bits per heavy atom. The molecule has 0 N–H and O–H groups in total. The SMILES string of the molecule is CC1=NCC(C)=NC1. The van der Waals surface area contributed by atoms with Gasteiger partial charge in [-0.25, -0.2) is 0 Å². The van der Waals surface area contributed by atoms with Crippen LogP contribution < -0.4 is 0 Å². The first-order valence-electron chi connectivity index (χ1n) is 2.79. The highest BCUT2D eigenvalue weighted by Gasteiger charge is 1.96. The monoisotopic (exact) mass is 110 g/mol. The second-order valence-electron chi connectivity index (χ2n) is 2.10. The van der Waals surface area contributed by atoms with Gasteiger partial charge in [0.15, 0.2) is 0 Å². The van der Waals surface area contributed by atoms with Crippen molar-refractivity contribution in [3.05, 3.63) is 0 Å². The van der Waals surface area contributed by atoms with Crippen LogP contribution in [-0.2, 0) is 0 Å². The standard InChI is InChI=1S/C6H10N2/c1-5-3-8-6(2)4-7-5/h3-4H2,1-2H3. The highest BCUT2D eigenvalue weighted by atomic mass is 14.9. The molecule has 0 atom stereocenters. The predicted octanol–water partition coefficient (Wildman–Crippen LogP) is 0.922. The highest BCUT2D eigenvalue weighted by Crippen LogP contribution is 1.90. The molecule has 0 aliphatic carbocycles. The summed E-state index contributed by atoms with van der Waals surface area (Å²) >= 11 is 0. The maximum absolute atomic E-state index is 4.20. The average molecular weight is 110 g/mol. The Hall–Kier alpha value is -0.660. The lowest BCUT2D eigenvalue weighted by Crippen LogP contribution is -2.11. The molecule has 0 saturated heterocycles. The maximum atomic E-state index is 4.20. The van der Waals surface area contributed by atoms with E-state index in [2.05, 4.69) is 9.98 Å². The minimum absolute atomic E-state index is 0.811. The molecule has 0 aromatic heterocycles. The van der Waals surface area contributed by atoms with Gasteiger partial charge in [0.25, 0.3) is 0 Å². The van der Waals surface area contributed by atoms with Crippen LogP contribution in [0.5, 0.6) is 0 Å². The van der Waals surface area contributed by atoms with Crippen molar-refractivity contribution in [1.29, 1.82) is 0 Å². The van der Waals surface area contributed by atoms with Gasteiger partial charge in [-0.05, 0) is 13.8 Å². The van der Waals surface area contributed by atoms with E-state index < -0.39 is 0 Å². The summed E-state index contributed by atoms with van der Waals surface area (Å²) in [5.41, 5.74) is 2.30. The molecule has 1 heterocycles. The molecule has 0 spiro atoms. The summed E-state index contributed by atoms with van der Waals surface area (Å²) in [6.45, 7) is 5.64. The summed E-state index contributed by atoms with van der Waals surface area (Å²) in [6, 6.07) is 0. The van der Waals surface area contributed by atoms with E-state index in [1.54, 1.807) is 0 Å². The zero-order valence-corrected chi connectivity index (χ0v) is 5.31. The average Bonchev–Trinajstić information content (AvgIpc) is 1.77. The van der Waals surface area contributed by atoms with Crippen molar-refractivity contribution in [1.82, 2.24) is 0 Å². The van der Waals surface area contributed by atoms with Crippen LogP contribution in [-0.4, -0.2) is 24.5 Å². The van der Waals surface area contributed by atoms with Crippen LogP contribution in [0.3, 0.4) is 0 Å². The highest BCUT2D eigenvalue weighted by molar-refractivity contribution is 5.94. The molecule has 2 nitrogen and oxygen atoms in total. The third-order valence-electron chi connectivity index (χ3n) is 1.16. The van der Waals surface area contributed by atoms with Crippen LogP contribution in [0.25, 0.3) is 0 Å². The van der Waals surface area contributed by atoms with E-state index in [-0.39, 0.29) is 0 Å². The lowest BCUT2D eigenvalue weighted by molar-refractivity contribution is 1.13. The van der Waals surface area contributed by atoms with E-state index in [1.165, 1.54) is 0 Å². The van der Waals surface area contributed by atoms with Crippen LogP contribution >= 0.6 is 0 Å². The van der Waals surface area contributed by atoms with Crippen LogP contribution in [0.4, 0.5) is 0 Å². The summed E-state index contributed by atoms with van der Waals surface area (Å²) in [6.07, 6.45) is 0. The molecule has 0 radical (unpaired) electrons. The Kier molecular flexibility index (Phi) is 1.42. The molecule has 44 valence electrons. The first kappa shape index (κ1) is 5.48. The molecule has 0 saturated carbocycles. The normalized spacial score (nSPS) is 19.8. The summed E-state index contributed by atoms with van der Waals surface area (Å²) < 4.78 is 0. The van der Waals surface area contributed by atoms with Crippen molar-refractivity contribution in [2.24, 2.45) is 9.98 Å². The fourth-order valence-corrected chi connectivity index (χ4v) is 0.599. The summed E-state index contributed by atoms with van der Waals surface area (Å²) in [5, 5.41) is 0. The number of rotatable bonds is 0. The summed E-state index contributed by atoms with van der Waals surface area (Å²) in [4.78, 5) is 8.39. The molecule has 0 unspecified atom stereocenters. The van der Waals surface area contributed by atoms with Crippen LogP contribution in [0.2, 0.25) is 0 Å². The van der Waals surface area contributed by atoms with Gasteiger partial charge >= 0.3 is 0 Å². The van der Waals surface area contributed by atoms with Gasteiger partial charge in [0.05, 0.1) is 13.1 Å². The van der Waals surface area contributed by atoms with Gasteiger partial charge in [-0.15, -0.1) is 0 Å². The minimum atomic E-state index is 0.811. The molecule has 2 heteroatoms. The molecule has 1 aliphatic heterocycles. The Balaban J connectivity index is 2.54. The molecule has 0 bridgehead atoms. The van der Waals surface area contributed by atoms with E-state index >= 15 is 0 Å². The van der Waals surface area contributed by atoms with Crippen molar-refractivity contribution in [2.75, 3.05) is 13.1 Å². The van der Waals surface area contributed by atoms with Crippen molar-refractivity contribution < 1.29 is 0 Å². The van der Waals surface area contributed by atoms with Gasteiger partial charge < -0.3 is 0 Å². The third-order valence-corrected chi connectivity index (χ3v) is 1.16. The molecular formula is C6H10N2.